The van der Waals surface area contributed by atoms with Crippen molar-refractivity contribution in [3.8, 4) is 0 Å². The van der Waals surface area contributed by atoms with E-state index in [-0.39, 0.29) is 5.91 Å². The second-order valence-electron chi connectivity index (χ2n) is 4.49. The molecule has 0 radical (unpaired) electrons. The van der Waals surface area contributed by atoms with Gasteiger partial charge in [-0.25, -0.2) is 0 Å². The van der Waals surface area contributed by atoms with Crippen LogP contribution < -0.4 is 5.32 Å². The Morgan fingerprint density at radius 1 is 1.33 bits per heavy atom. The molecule has 0 heterocycles. The van der Waals surface area contributed by atoms with Crippen LogP contribution in [0.4, 0.5) is 0 Å². The highest BCUT2D eigenvalue weighted by Crippen LogP contribution is 2.26. The van der Waals surface area contributed by atoms with Crippen LogP contribution in [0, 0.1) is 5.92 Å². The number of rotatable bonds is 4. The molecule has 4 nitrogen and oxygen atoms in total. The fourth-order valence-corrected chi connectivity index (χ4v) is 2.06. The maximum atomic E-state index is 11.5. The van der Waals surface area contributed by atoms with Crippen molar-refractivity contribution in [2.75, 3.05) is 14.1 Å². The van der Waals surface area contributed by atoms with Gasteiger partial charge < -0.3 is 10.2 Å². The summed E-state index contributed by atoms with van der Waals surface area (Å²) in [6.45, 7) is 0. The number of carbonyl (C=O) groups is 2. The molecule has 86 valence electrons. The molecule has 1 rings (SSSR count). The molecule has 0 unspecified atom stereocenters. The van der Waals surface area contributed by atoms with Gasteiger partial charge in [0.1, 0.15) is 0 Å². The smallest absolute Gasteiger partial charge is 0.222 e. The average molecular weight is 212 g/mol. The normalized spacial score (nSPS) is 25.7. The van der Waals surface area contributed by atoms with Crippen LogP contribution in [0.1, 0.15) is 32.1 Å². The summed E-state index contributed by atoms with van der Waals surface area (Å²) in [4.78, 5) is 23.4. The van der Waals surface area contributed by atoms with E-state index in [0.717, 1.165) is 32.1 Å². The lowest BCUT2D eigenvalue weighted by atomic mass is 9.84. The van der Waals surface area contributed by atoms with Crippen LogP contribution >= 0.6 is 0 Å². The molecule has 0 atom stereocenters. The maximum Gasteiger partial charge on any atom is 0.222 e. The number of nitrogens with zero attached hydrogens (tertiary/aromatic N) is 1. The Balaban J connectivity index is 2.25. The van der Waals surface area contributed by atoms with E-state index >= 15 is 0 Å². The molecule has 1 N–H and O–H groups in total. The standard InChI is InChI=1S/C11H20N2O2/c1-13(2)11(15)7-9-3-5-10(6-4-9)12-8-14/h8-10H,3-7H2,1-2H3,(H,12,14). The fraction of sp³-hybridized carbons (Fsp3) is 0.818. The molecule has 0 saturated heterocycles. The zero-order valence-electron chi connectivity index (χ0n) is 9.53. The minimum Gasteiger partial charge on any atom is -0.356 e. The van der Waals surface area contributed by atoms with Crippen LogP contribution in [0.5, 0.6) is 0 Å². The van der Waals surface area contributed by atoms with Crippen molar-refractivity contribution in [1.82, 2.24) is 10.2 Å². The molecule has 0 aromatic carbocycles. The Bertz CT molecular complexity index is 221. The molecule has 1 fully saturated rings. The van der Waals surface area contributed by atoms with Crippen LogP contribution in [-0.4, -0.2) is 37.4 Å². The molecule has 0 aliphatic heterocycles. The largest absolute Gasteiger partial charge is 0.356 e. The molecule has 15 heavy (non-hydrogen) atoms. The molecule has 0 aromatic heterocycles. The van der Waals surface area contributed by atoms with E-state index in [2.05, 4.69) is 5.32 Å². The SMILES string of the molecule is CN(C)C(=O)CC1CCC(NC=O)CC1. The van der Waals surface area contributed by atoms with E-state index in [4.69, 9.17) is 0 Å². The van der Waals surface area contributed by atoms with Crippen molar-refractivity contribution in [3.05, 3.63) is 0 Å². The van der Waals surface area contributed by atoms with Gasteiger partial charge >= 0.3 is 0 Å². The predicted molar refractivity (Wildman–Crippen MR) is 58.3 cm³/mol. The van der Waals surface area contributed by atoms with Crippen molar-refractivity contribution in [2.24, 2.45) is 5.92 Å². The lowest BCUT2D eigenvalue weighted by Gasteiger charge is -2.28. The summed E-state index contributed by atoms with van der Waals surface area (Å²) in [5.74, 6) is 0.714. The molecule has 4 heteroatoms. The predicted octanol–water partition coefficient (Wildman–Crippen LogP) is 0.769. The van der Waals surface area contributed by atoms with Crippen LogP contribution in [-0.2, 0) is 9.59 Å². The Morgan fingerprint density at radius 2 is 1.93 bits per heavy atom. The maximum absolute atomic E-state index is 11.5. The Kier molecular flexibility index (Phi) is 4.59. The van der Waals surface area contributed by atoms with Gasteiger partial charge in [0.25, 0.3) is 0 Å². The highest BCUT2D eigenvalue weighted by atomic mass is 16.2. The van der Waals surface area contributed by atoms with Crippen molar-refractivity contribution in [1.29, 1.82) is 0 Å². The van der Waals surface area contributed by atoms with Crippen molar-refractivity contribution < 1.29 is 9.59 Å². The van der Waals surface area contributed by atoms with Crippen molar-refractivity contribution in [3.63, 3.8) is 0 Å². The number of nitrogens with one attached hydrogen (secondary N) is 1. The van der Waals surface area contributed by atoms with E-state index in [1.165, 1.54) is 0 Å². The van der Waals surface area contributed by atoms with E-state index in [9.17, 15) is 9.59 Å². The molecular weight excluding hydrogens is 192 g/mol. The van der Waals surface area contributed by atoms with Gasteiger partial charge in [-0.3, -0.25) is 9.59 Å². The van der Waals surface area contributed by atoms with Crippen LogP contribution in [0.2, 0.25) is 0 Å². The topological polar surface area (TPSA) is 49.4 Å². The molecular formula is C11H20N2O2. The number of hydrogen-bond donors (Lipinski definition) is 1. The van der Waals surface area contributed by atoms with Gasteiger partial charge in [-0.15, -0.1) is 0 Å². The minimum absolute atomic E-state index is 0.210. The monoisotopic (exact) mass is 212 g/mol. The Labute approximate surface area is 91.0 Å². The minimum atomic E-state index is 0.210. The van der Waals surface area contributed by atoms with Gasteiger partial charge in [-0.1, -0.05) is 0 Å². The van der Waals surface area contributed by atoms with Gasteiger partial charge in [-0.05, 0) is 31.6 Å². The van der Waals surface area contributed by atoms with Gasteiger partial charge in [-0.2, -0.15) is 0 Å². The van der Waals surface area contributed by atoms with E-state index in [1.54, 1.807) is 19.0 Å². The molecule has 1 saturated carbocycles. The first-order chi connectivity index (χ1) is 7.13. The zero-order valence-corrected chi connectivity index (χ0v) is 9.53. The van der Waals surface area contributed by atoms with Gasteiger partial charge in [0, 0.05) is 26.6 Å². The lowest BCUT2D eigenvalue weighted by Crippen LogP contribution is -2.33. The number of hydrogen-bond acceptors (Lipinski definition) is 2. The number of carbonyl (C=O) groups excluding carboxylic acids is 2. The lowest BCUT2D eigenvalue weighted by molar-refractivity contribution is -0.130. The van der Waals surface area contributed by atoms with Crippen LogP contribution in [0.3, 0.4) is 0 Å². The van der Waals surface area contributed by atoms with Gasteiger partial charge in [0.2, 0.25) is 12.3 Å². The quantitative estimate of drug-likeness (QED) is 0.700. The third-order valence-corrected chi connectivity index (χ3v) is 3.11. The Morgan fingerprint density at radius 3 is 2.40 bits per heavy atom. The zero-order chi connectivity index (χ0) is 11.3. The summed E-state index contributed by atoms with van der Waals surface area (Å²) in [5.41, 5.74) is 0. The summed E-state index contributed by atoms with van der Waals surface area (Å²) in [6, 6.07) is 0.327. The van der Waals surface area contributed by atoms with E-state index < -0.39 is 0 Å². The summed E-state index contributed by atoms with van der Waals surface area (Å²) in [7, 11) is 3.59. The van der Waals surface area contributed by atoms with Gasteiger partial charge in [0.05, 0.1) is 0 Å². The fourth-order valence-electron chi connectivity index (χ4n) is 2.06. The second-order valence-corrected chi connectivity index (χ2v) is 4.49. The van der Waals surface area contributed by atoms with Crippen LogP contribution in [0.15, 0.2) is 0 Å². The summed E-state index contributed by atoms with van der Waals surface area (Å²) in [5, 5.41) is 2.81. The average Bonchev–Trinajstić information content (AvgIpc) is 2.21. The van der Waals surface area contributed by atoms with Gasteiger partial charge in [0.15, 0.2) is 0 Å². The van der Waals surface area contributed by atoms with Crippen molar-refractivity contribution >= 4 is 12.3 Å². The summed E-state index contributed by atoms with van der Waals surface area (Å²) < 4.78 is 0. The van der Waals surface area contributed by atoms with E-state index in [0.29, 0.717) is 18.4 Å². The molecule has 1 aliphatic rings. The van der Waals surface area contributed by atoms with E-state index in [1.807, 2.05) is 0 Å². The third kappa shape index (κ3) is 3.90. The summed E-state index contributed by atoms with van der Waals surface area (Å²) in [6.07, 6.45) is 5.53. The first-order valence-electron chi connectivity index (χ1n) is 5.53. The second kappa shape index (κ2) is 5.73. The highest BCUT2D eigenvalue weighted by molar-refractivity contribution is 5.75. The molecule has 1 aliphatic carbocycles. The Hall–Kier alpha value is -1.06. The van der Waals surface area contributed by atoms with Crippen molar-refractivity contribution in [2.45, 2.75) is 38.1 Å². The molecule has 0 spiro atoms. The molecule has 0 aromatic rings. The summed E-state index contributed by atoms with van der Waals surface area (Å²) >= 11 is 0. The number of amides is 2. The van der Waals surface area contributed by atoms with Crippen LogP contribution in [0.25, 0.3) is 0 Å². The first kappa shape index (κ1) is 12.0. The first-order valence-corrected chi connectivity index (χ1v) is 5.53. The third-order valence-electron chi connectivity index (χ3n) is 3.11. The molecule has 0 bridgehead atoms. The molecule has 2 amide bonds. The highest BCUT2D eigenvalue weighted by Gasteiger charge is 2.22.